The van der Waals surface area contributed by atoms with Crippen LogP contribution in [0.2, 0.25) is 0 Å². The van der Waals surface area contributed by atoms with Gasteiger partial charge in [-0.25, -0.2) is 0 Å². The van der Waals surface area contributed by atoms with Crippen molar-refractivity contribution in [3.8, 4) is 0 Å². The van der Waals surface area contributed by atoms with E-state index in [0.717, 1.165) is 4.90 Å². The molecular weight excluding hydrogens is 244 g/mol. The van der Waals surface area contributed by atoms with Crippen molar-refractivity contribution < 1.29 is 14.4 Å². The molecule has 0 aliphatic carbocycles. The van der Waals surface area contributed by atoms with Gasteiger partial charge in [-0.2, -0.15) is 0 Å². The molecule has 0 heterocycles. The number of nitrogens with one attached hydrogen (secondary N) is 1. The van der Waals surface area contributed by atoms with Gasteiger partial charge in [0.25, 0.3) is 5.91 Å². The number of benzene rings is 1. The molecule has 0 aliphatic rings. The Balaban J connectivity index is 2.78. The van der Waals surface area contributed by atoms with Gasteiger partial charge >= 0.3 is 11.7 Å². The third kappa shape index (κ3) is 4.21. The molecule has 0 bridgehead atoms. The number of hydrogen-bond donors (Lipinski definition) is 1. The summed E-state index contributed by atoms with van der Waals surface area (Å²) in [6.07, 6.45) is 0. The third-order valence-corrected chi connectivity index (χ3v) is 2.34. The van der Waals surface area contributed by atoms with Gasteiger partial charge in [0.05, 0.1) is 0 Å². The lowest BCUT2D eigenvalue weighted by Crippen LogP contribution is -2.49. The van der Waals surface area contributed by atoms with Crippen molar-refractivity contribution in [3.63, 3.8) is 0 Å². The molecule has 0 aliphatic heterocycles. The average Bonchev–Trinajstić information content (AvgIpc) is 2.35. The Morgan fingerprint density at radius 1 is 1.05 bits per heavy atom. The van der Waals surface area contributed by atoms with Gasteiger partial charge in [0.1, 0.15) is 0 Å². The Morgan fingerprint density at radius 3 is 2.05 bits per heavy atom. The van der Waals surface area contributed by atoms with Gasteiger partial charge < -0.3 is 10.2 Å². The fourth-order valence-electron chi connectivity index (χ4n) is 1.42. The van der Waals surface area contributed by atoms with Crippen LogP contribution in [0.25, 0.3) is 0 Å². The zero-order valence-corrected chi connectivity index (χ0v) is 11.6. The summed E-state index contributed by atoms with van der Waals surface area (Å²) >= 11 is 0. The highest BCUT2D eigenvalue weighted by atomic mass is 16.2. The van der Waals surface area contributed by atoms with Crippen molar-refractivity contribution in [2.24, 2.45) is 0 Å². The molecule has 0 aromatic heterocycles. The largest absolute Gasteiger partial charge is 0.344 e. The summed E-state index contributed by atoms with van der Waals surface area (Å²) in [6, 6.07) is 8.67. The van der Waals surface area contributed by atoms with E-state index in [2.05, 4.69) is 5.32 Å². The van der Waals surface area contributed by atoms with E-state index in [4.69, 9.17) is 0 Å². The van der Waals surface area contributed by atoms with Crippen molar-refractivity contribution in [3.05, 3.63) is 30.3 Å². The Morgan fingerprint density at radius 2 is 1.58 bits per heavy atom. The Kier molecular flexibility index (Phi) is 4.43. The lowest BCUT2D eigenvalue weighted by Gasteiger charge is -2.21. The minimum Gasteiger partial charge on any atom is -0.344 e. The van der Waals surface area contributed by atoms with Crippen LogP contribution in [0.4, 0.5) is 5.69 Å². The summed E-state index contributed by atoms with van der Waals surface area (Å²) in [4.78, 5) is 36.4. The molecule has 19 heavy (non-hydrogen) atoms. The molecule has 1 aromatic carbocycles. The van der Waals surface area contributed by atoms with E-state index in [1.54, 1.807) is 51.1 Å². The summed E-state index contributed by atoms with van der Waals surface area (Å²) in [5.41, 5.74) is 0.00244. The zero-order valence-electron chi connectivity index (χ0n) is 11.6. The Bertz CT molecular complexity index is 489. The molecule has 0 unspecified atom stereocenters. The number of ketones is 1. The Hall–Kier alpha value is -2.17. The predicted octanol–water partition coefficient (Wildman–Crippen LogP) is 1.13. The first-order valence-electron chi connectivity index (χ1n) is 5.92. The zero-order chi connectivity index (χ0) is 14.6. The van der Waals surface area contributed by atoms with E-state index in [9.17, 15) is 14.4 Å². The molecule has 1 rings (SSSR count). The smallest absolute Gasteiger partial charge is 0.307 e. The number of para-hydroxylation sites is 1. The van der Waals surface area contributed by atoms with Crippen molar-refractivity contribution in [2.75, 3.05) is 11.9 Å². The summed E-state index contributed by atoms with van der Waals surface area (Å²) in [6.45, 7) is 5.22. The van der Waals surface area contributed by atoms with E-state index >= 15 is 0 Å². The summed E-state index contributed by atoms with van der Waals surface area (Å²) in [5.74, 6) is -2.81. The maximum Gasteiger partial charge on any atom is 0.307 e. The highest BCUT2D eigenvalue weighted by molar-refractivity contribution is 6.65. The second-order valence-electron chi connectivity index (χ2n) is 5.23. The molecule has 1 aromatic rings. The first-order chi connectivity index (χ1) is 8.72. The minimum absolute atomic E-state index is 0.557. The van der Waals surface area contributed by atoms with E-state index in [-0.39, 0.29) is 0 Å². The molecule has 5 nitrogen and oxygen atoms in total. The lowest BCUT2D eigenvalue weighted by atomic mass is 10.1. The SMILES string of the molecule is CN(C(=O)C(=O)C(=O)NC(C)(C)C)c1ccccc1. The quantitative estimate of drug-likeness (QED) is 0.656. The van der Waals surface area contributed by atoms with Crippen molar-refractivity contribution >= 4 is 23.3 Å². The van der Waals surface area contributed by atoms with Crippen LogP contribution in [0, 0.1) is 0 Å². The number of carbonyl (C=O) groups excluding carboxylic acids is 3. The van der Waals surface area contributed by atoms with Gasteiger partial charge in [-0.05, 0) is 32.9 Å². The van der Waals surface area contributed by atoms with Gasteiger partial charge in [-0.15, -0.1) is 0 Å². The van der Waals surface area contributed by atoms with E-state index in [0.29, 0.717) is 5.69 Å². The van der Waals surface area contributed by atoms with Crippen LogP contribution in [0.3, 0.4) is 0 Å². The van der Waals surface area contributed by atoms with E-state index in [1.165, 1.54) is 7.05 Å². The van der Waals surface area contributed by atoms with Crippen molar-refractivity contribution in [1.82, 2.24) is 5.32 Å². The monoisotopic (exact) mass is 262 g/mol. The maximum absolute atomic E-state index is 11.9. The van der Waals surface area contributed by atoms with Crippen LogP contribution in [-0.4, -0.2) is 30.2 Å². The molecule has 1 N–H and O–H groups in total. The molecule has 102 valence electrons. The van der Waals surface area contributed by atoms with Crippen molar-refractivity contribution in [2.45, 2.75) is 26.3 Å². The van der Waals surface area contributed by atoms with Crippen LogP contribution in [0.15, 0.2) is 30.3 Å². The summed E-state index contributed by atoms with van der Waals surface area (Å²) < 4.78 is 0. The molecule has 0 radical (unpaired) electrons. The van der Waals surface area contributed by atoms with Gasteiger partial charge in [-0.3, -0.25) is 14.4 Å². The summed E-state index contributed by atoms with van der Waals surface area (Å²) in [5, 5.41) is 2.47. The van der Waals surface area contributed by atoms with Gasteiger partial charge in [0, 0.05) is 18.3 Å². The molecule has 5 heteroatoms. The number of carbonyl (C=O) groups is 3. The molecule has 0 atom stereocenters. The van der Waals surface area contributed by atoms with Crippen LogP contribution < -0.4 is 10.2 Å². The van der Waals surface area contributed by atoms with Gasteiger partial charge in [0.15, 0.2) is 0 Å². The number of rotatable bonds is 3. The highest BCUT2D eigenvalue weighted by Crippen LogP contribution is 2.11. The number of anilines is 1. The number of Topliss-reactive ketones (excluding diaryl/α,β-unsaturated/α-hetero) is 1. The lowest BCUT2D eigenvalue weighted by molar-refractivity contribution is -0.145. The van der Waals surface area contributed by atoms with Crippen molar-refractivity contribution in [1.29, 1.82) is 0 Å². The normalized spacial score (nSPS) is 10.7. The van der Waals surface area contributed by atoms with Crippen LogP contribution in [-0.2, 0) is 14.4 Å². The minimum atomic E-state index is -1.07. The highest BCUT2D eigenvalue weighted by Gasteiger charge is 2.29. The van der Waals surface area contributed by atoms with Crippen LogP contribution in [0.5, 0.6) is 0 Å². The second kappa shape index (κ2) is 5.65. The molecule has 0 spiro atoms. The first-order valence-corrected chi connectivity index (χ1v) is 5.92. The average molecular weight is 262 g/mol. The maximum atomic E-state index is 11.9. The fraction of sp³-hybridized carbons (Fsp3) is 0.357. The predicted molar refractivity (Wildman–Crippen MR) is 72.8 cm³/mol. The molecule has 0 fully saturated rings. The molecule has 0 saturated heterocycles. The van der Waals surface area contributed by atoms with E-state index < -0.39 is 23.1 Å². The molecular formula is C14H18N2O3. The number of hydrogen-bond acceptors (Lipinski definition) is 3. The summed E-state index contributed by atoms with van der Waals surface area (Å²) in [7, 11) is 1.46. The first kappa shape index (κ1) is 14.9. The molecule has 2 amide bonds. The topological polar surface area (TPSA) is 66.5 Å². The standard InChI is InChI=1S/C14H18N2O3/c1-14(2,3)15-12(18)11(17)13(19)16(4)10-8-6-5-7-9-10/h5-9H,1-4H3,(H,15,18). The van der Waals surface area contributed by atoms with E-state index in [1.807, 2.05) is 0 Å². The third-order valence-electron chi connectivity index (χ3n) is 2.34. The number of nitrogens with zero attached hydrogens (tertiary/aromatic N) is 1. The van der Waals surface area contributed by atoms with Crippen LogP contribution in [0.1, 0.15) is 20.8 Å². The number of likely N-dealkylation sites (N-methyl/N-ethyl adjacent to an activating group) is 1. The van der Waals surface area contributed by atoms with Crippen LogP contribution >= 0.6 is 0 Å². The molecule has 0 saturated carbocycles. The second-order valence-corrected chi connectivity index (χ2v) is 5.23. The fourth-order valence-corrected chi connectivity index (χ4v) is 1.42. The Labute approximate surface area is 112 Å². The number of amides is 2. The van der Waals surface area contributed by atoms with Gasteiger partial charge in [-0.1, -0.05) is 18.2 Å². The van der Waals surface area contributed by atoms with Gasteiger partial charge in [0.2, 0.25) is 0 Å².